The van der Waals surface area contributed by atoms with Gasteiger partial charge in [0.25, 0.3) is 0 Å². The van der Waals surface area contributed by atoms with Crippen LogP contribution in [0.1, 0.15) is 32.6 Å². The minimum atomic E-state index is -0.429. The molecule has 0 bridgehead atoms. The van der Waals surface area contributed by atoms with Gasteiger partial charge in [0.05, 0.1) is 13.2 Å². The second-order valence-electron chi connectivity index (χ2n) is 3.86. The lowest BCUT2D eigenvalue weighted by Crippen LogP contribution is -2.38. The number of ether oxygens (including phenoxy) is 3. The van der Waals surface area contributed by atoms with Crippen LogP contribution in [0.3, 0.4) is 0 Å². The van der Waals surface area contributed by atoms with Crippen LogP contribution in [0, 0.1) is 0 Å². The van der Waals surface area contributed by atoms with Gasteiger partial charge in [-0.3, -0.25) is 0 Å². The van der Waals surface area contributed by atoms with Crippen molar-refractivity contribution in [2.24, 2.45) is 0 Å². The van der Waals surface area contributed by atoms with E-state index >= 15 is 0 Å². The van der Waals surface area contributed by atoms with E-state index in [1.165, 1.54) is 12.8 Å². The van der Waals surface area contributed by atoms with Gasteiger partial charge in [-0.05, 0) is 12.8 Å². The Labute approximate surface area is 96.6 Å². The maximum atomic E-state index is 10.9. The highest BCUT2D eigenvalue weighted by Gasteiger charge is 2.23. The summed E-state index contributed by atoms with van der Waals surface area (Å²) in [5.74, 6) is -0.429. The summed E-state index contributed by atoms with van der Waals surface area (Å²) >= 11 is 0. The highest BCUT2D eigenvalue weighted by molar-refractivity contribution is 5.81. The molecule has 1 saturated heterocycles. The van der Waals surface area contributed by atoms with Gasteiger partial charge in [-0.1, -0.05) is 26.3 Å². The Balaban J connectivity index is 2.13. The predicted octanol–water partition coefficient (Wildman–Crippen LogP) is 2.04. The van der Waals surface area contributed by atoms with Crippen molar-refractivity contribution in [2.45, 2.75) is 45.0 Å². The quantitative estimate of drug-likeness (QED) is 0.396. The van der Waals surface area contributed by atoms with E-state index in [2.05, 4.69) is 13.5 Å². The number of carbonyl (C=O) groups is 1. The maximum absolute atomic E-state index is 10.9. The van der Waals surface area contributed by atoms with Crippen LogP contribution in [0.5, 0.6) is 0 Å². The lowest BCUT2D eigenvalue weighted by Gasteiger charge is -2.28. The van der Waals surface area contributed by atoms with Crippen LogP contribution in [0.25, 0.3) is 0 Å². The number of hydrogen-bond donors (Lipinski definition) is 0. The van der Waals surface area contributed by atoms with Crippen molar-refractivity contribution >= 4 is 5.97 Å². The van der Waals surface area contributed by atoms with E-state index < -0.39 is 5.97 Å². The van der Waals surface area contributed by atoms with Crippen molar-refractivity contribution in [2.75, 3.05) is 13.2 Å². The van der Waals surface area contributed by atoms with Crippen LogP contribution in [-0.2, 0) is 19.0 Å². The van der Waals surface area contributed by atoms with E-state index in [0.717, 1.165) is 18.9 Å². The Morgan fingerprint density at radius 1 is 1.44 bits per heavy atom. The van der Waals surface area contributed by atoms with E-state index in [1.54, 1.807) is 0 Å². The van der Waals surface area contributed by atoms with Crippen LogP contribution < -0.4 is 0 Å². The van der Waals surface area contributed by atoms with Crippen LogP contribution in [-0.4, -0.2) is 31.6 Å². The molecule has 0 radical (unpaired) electrons. The van der Waals surface area contributed by atoms with E-state index in [0.29, 0.717) is 13.2 Å². The standard InChI is InChI=1S/C12H20O4/c1-3-5-6-7-12-14-8-10(9-15-12)16-11(13)4-2/h4,10,12H,2-3,5-9H2,1H3. The highest BCUT2D eigenvalue weighted by Crippen LogP contribution is 2.14. The second-order valence-corrected chi connectivity index (χ2v) is 3.86. The average Bonchev–Trinajstić information content (AvgIpc) is 2.31. The first-order valence-corrected chi connectivity index (χ1v) is 5.82. The van der Waals surface area contributed by atoms with Gasteiger partial charge in [-0.15, -0.1) is 0 Å². The van der Waals surface area contributed by atoms with Gasteiger partial charge >= 0.3 is 5.97 Å². The Morgan fingerprint density at radius 2 is 2.12 bits per heavy atom. The fraction of sp³-hybridized carbons (Fsp3) is 0.750. The molecule has 16 heavy (non-hydrogen) atoms. The van der Waals surface area contributed by atoms with Gasteiger partial charge < -0.3 is 14.2 Å². The molecule has 0 aromatic rings. The molecule has 4 nitrogen and oxygen atoms in total. The molecule has 0 saturated carbocycles. The van der Waals surface area contributed by atoms with Crippen LogP contribution in [0.4, 0.5) is 0 Å². The fourth-order valence-corrected chi connectivity index (χ4v) is 1.53. The molecule has 0 spiro atoms. The van der Waals surface area contributed by atoms with Gasteiger partial charge in [-0.2, -0.15) is 0 Å². The van der Waals surface area contributed by atoms with Crippen molar-refractivity contribution in [3.63, 3.8) is 0 Å². The summed E-state index contributed by atoms with van der Waals surface area (Å²) in [5, 5.41) is 0. The first-order chi connectivity index (χ1) is 7.76. The zero-order valence-corrected chi connectivity index (χ0v) is 9.81. The van der Waals surface area contributed by atoms with Crippen LogP contribution in [0.2, 0.25) is 0 Å². The lowest BCUT2D eigenvalue weighted by molar-refractivity contribution is -0.226. The molecule has 0 aliphatic carbocycles. The Hall–Kier alpha value is -0.870. The number of esters is 1. The Kier molecular flexibility index (Phi) is 6.11. The third kappa shape index (κ3) is 4.77. The van der Waals surface area contributed by atoms with Crippen molar-refractivity contribution in [3.05, 3.63) is 12.7 Å². The van der Waals surface area contributed by atoms with Gasteiger partial charge in [-0.25, -0.2) is 4.79 Å². The topological polar surface area (TPSA) is 44.8 Å². The van der Waals surface area contributed by atoms with E-state index in [-0.39, 0.29) is 12.4 Å². The summed E-state index contributed by atoms with van der Waals surface area (Å²) in [6, 6.07) is 0. The molecule has 1 rings (SSSR count). The number of rotatable bonds is 6. The monoisotopic (exact) mass is 228 g/mol. The number of hydrogen-bond acceptors (Lipinski definition) is 4. The first kappa shape index (κ1) is 13.2. The summed E-state index contributed by atoms with van der Waals surface area (Å²) in [7, 11) is 0. The molecule has 92 valence electrons. The maximum Gasteiger partial charge on any atom is 0.330 e. The van der Waals surface area contributed by atoms with Gasteiger partial charge in [0, 0.05) is 6.08 Å². The van der Waals surface area contributed by atoms with E-state index in [4.69, 9.17) is 14.2 Å². The summed E-state index contributed by atoms with van der Waals surface area (Å²) in [6.07, 6.45) is 5.12. The summed E-state index contributed by atoms with van der Waals surface area (Å²) in [5.41, 5.74) is 0. The molecule has 0 unspecified atom stereocenters. The molecule has 1 heterocycles. The molecule has 0 aromatic carbocycles. The minimum Gasteiger partial charge on any atom is -0.454 e. The second kappa shape index (κ2) is 7.41. The Bertz CT molecular complexity index is 219. The molecule has 1 fully saturated rings. The molecular weight excluding hydrogens is 208 g/mol. The molecule has 1 aliphatic rings. The predicted molar refractivity (Wildman–Crippen MR) is 59.9 cm³/mol. The molecular formula is C12H20O4. The van der Waals surface area contributed by atoms with Crippen LogP contribution in [0.15, 0.2) is 12.7 Å². The van der Waals surface area contributed by atoms with Crippen molar-refractivity contribution in [3.8, 4) is 0 Å². The van der Waals surface area contributed by atoms with Gasteiger partial charge in [0.1, 0.15) is 6.10 Å². The van der Waals surface area contributed by atoms with E-state index in [1.807, 2.05) is 0 Å². The molecule has 0 amide bonds. The normalized spacial score (nSPS) is 25.1. The highest BCUT2D eigenvalue weighted by atomic mass is 16.7. The molecule has 0 atom stereocenters. The molecule has 0 N–H and O–H groups in total. The smallest absolute Gasteiger partial charge is 0.330 e. The zero-order chi connectivity index (χ0) is 11.8. The summed E-state index contributed by atoms with van der Waals surface area (Å²) in [4.78, 5) is 10.9. The van der Waals surface area contributed by atoms with Crippen molar-refractivity contribution in [1.82, 2.24) is 0 Å². The molecule has 0 aromatic heterocycles. The molecule has 1 aliphatic heterocycles. The SMILES string of the molecule is C=CC(=O)OC1COC(CCCCC)OC1. The van der Waals surface area contributed by atoms with Crippen LogP contribution >= 0.6 is 0 Å². The first-order valence-electron chi connectivity index (χ1n) is 5.82. The number of unbranched alkanes of at least 4 members (excludes halogenated alkanes) is 2. The van der Waals surface area contributed by atoms with Crippen molar-refractivity contribution < 1.29 is 19.0 Å². The van der Waals surface area contributed by atoms with Gasteiger partial charge in [0.2, 0.25) is 0 Å². The Morgan fingerprint density at radius 3 is 2.69 bits per heavy atom. The fourth-order valence-electron chi connectivity index (χ4n) is 1.53. The lowest BCUT2D eigenvalue weighted by atomic mass is 10.2. The van der Waals surface area contributed by atoms with Gasteiger partial charge in [0.15, 0.2) is 6.29 Å². The third-order valence-electron chi connectivity index (χ3n) is 2.43. The zero-order valence-electron chi connectivity index (χ0n) is 9.81. The molecule has 4 heteroatoms. The minimum absolute atomic E-state index is 0.134. The largest absolute Gasteiger partial charge is 0.454 e. The summed E-state index contributed by atoms with van der Waals surface area (Å²) < 4.78 is 15.9. The number of carbonyl (C=O) groups excluding carboxylic acids is 1. The third-order valence-corrected chi connectivity index (χ3v) is 2.43. The van der Waals surface area contributed by atoms with Crippen molar-refractivity contribution in [1.29, 1.82) is 0 Å². The average molecular weight is 228 g/mol. The van der Waals surface area contributed by atoms with E-state index in [9.17, 15) is 4.79 Å². The summed E-state index contributed by atoms with van der Waals surface area (Å²) in [6.45, 7) is 6.32.